The van der Waals surface area contributed by atoms with Crippen molar-refractivity contribution >= 4 is 94.5 Å². The molecule has 11 rings (SSSR count). The van der Waals surface area contributed by atoms with Gasteiger partial charge in [0.15, 0.2) is 0 Å². The molecule has 0 amide bonds. The van der Waals surface area contributed by atoms with Crippen LogP contribution in [-0.4, -0.2) is 0 Å². The number of fused-ring (bicyclic) bond motifs is 9. The molecule has 0 radical (unpaired) electrons. The third-order valence-electron chi connectivity index (χ3n) is 10.4. The molecule has 6 heteroatoms. The van der Waals surface area contributed by atoms with Gasteiger partial charge >= 0.3 is 0 Å². The predicted molar refractivity (Wildman–Crippen MR) is 221 cm³/mol. The van der Waals surface area contributed by atoms with Gasteiger partial charge in [-0.15, -0.1) is 34.0 Å². The largest absolute Gasteiger partial charge is 0.279 e. The lowest BCUT2D eigenvalue weighted by Crippen LogP contribution is -2.54. The van der Waals surface area contributed by atoms with Gasteiger partial charge in [-0.25, -0.2) is 0 Å². The summed E-state index contributed by atoms with van der Waals surface area (Å²) in [4.78, 5) is 0. The normalized spacial score (nSPS) is 18.2. The van der Waals surface area contributed by atoms with E-state index in [1.54, 1.807) is 0 Å². The van der Waals surface area contributed by atoms with Crippen LogP contribution in [0.15, 0.2) is 152 Å². The second-order valence-electron chi connectivity index (χ2n) is 13.4. The second-order valence-corrected chi connectivity index (χ2v) is 16.6. The molecule has 1 fully saturated rings. The van der Waals surface area contributed by atoms with Gasteiger partial charge in [0.05, 0.1) is 18.5 Å². The average Bonchev–Trinajstić information content (AvgIpc) is 3.88. The van der Waals surface area contributed by atoms with E-state index in [0.717, 1.165) is 0 Å². The summed E-state index contributed by atoms with van der Waals surface area (Å²) in [6, 6.07) is 55.9. The molecule has 0 saturated carbocycles. The van der Waals surface area contributed by atoms with Gasteiger partial charge in [0.1, 0.15) is 0 Å². The molecule has 1 aliphatic rings. The summed E-state index contributed by atoms with van der Waals surface area (Å²) in [6.07, 6.45) is -0.120. The third kappa shape index (κ3) is 4.94. The van der Waals surface area contributed by atoms with Crippen LogP contribution in [0.2, 0.25) is 0 Å². The number of rotatable bonds is 4. The second kappa shape index (κ2) is 11.8. The van der Waals surface area contributed by atoms with Crippen LogP contribution in [-0.2, 0) is 0 Å². The highest BCUT2D eigenvalue weighted by Gasteiger charge is 2.30. The molecule has 1 saturated heterocycles. The van der Waals surface area contributed by atoms with E-state index in [0.29, 0.717) is 0 Å². The summed E-state index contributed by atoms with van der Waals surface area (Å²) >= 11 is 5.64. The monoisotopic (exact) mass is 709 g/mol. The molecule has 3 atom stereocenters. The molecule has 51 heavy (non-hydrogen) atoms. The minimum atomic E-state index is -0.0550. The van der Waals surface area contributed by atoms with E-state index < -0.39 is 0 Å². The molecule has 3 aromatic heterocycles. The van der Waals surface area contributed by atoms with Crippen molar-refractivity contribution in [1.29, 1.82) is 0 Å². The van der Waals surface area contributed by atoms with E-state index in [4.69, 9.17) is 0 Å². The van der Waals surface area contributed by atoms with Crippen LogP contribution in [0.5, 0.6) is 0 Å². The zero-order valence-corrected chi connectivity index (χ0v) is 29.8. The van der Waals surface area contributed by atoms with Crippen molar-refractivity contribution in [3.8, 4) is 11.1 Å². The van der Waals surface area contributed by atoms with Gasteiger partial charge in [-0.05, 0) is 70.3 Å². The minimum Gasteiger partial charge on any atom is -0.279 e. The van der Waals surface area contributed by atoms with E-state index in [1.807, 2.05) is 34.0 Å². The van der Waals surface area contributed by atoms with E-state index >= 15 is 0 Å². The van der Waals surface area contributed by atoms with E-state index in [9.17, 15) is 0 Å². The third-order valence-corrected chi connectivity index (χ3v) is 13.9. The number of hydrogen-bond donors (Lipinski definition) is 3. The molecule has 3 nitrogen and oxygen atoms in total. The SMILES string of the molecule is c1ccc(C2NC(c3ccc4sc5ccccc5c4c3)NC(c3ccc4sc5cc(-c6cccc7c6sc6ccccc67)ccc5c4c3)N2)cc1. The van der Waals surface area contributed by atoms with Gasteiger partial charge in [-0.1, -0.05) is 109 Å². The molecule has 10 aromatic rings. The highest BCUT2D eigenvalue weighted by Crippen LogP contribution is 2.43. The van der Waals surface area contributed by atoms with Crippen LogP contribution >= 0.6 is 34.0 Å². The first-order valence-corrected chi connectivity index (χ1v) is 19.8. The molecule has 3 N–H and O–H groups in total. The smallest absolute Gasteiger partial charge is 0.0864 e. The van der Waals surface area contributed by atoms with Crippen LogP contribution in [0.1, 0.15) is 35.2 Å². The van der Waals surface area contributed by atoms with E-state index in [-0.39, 0.29) is 18.5 Å². The Labute approximate surface area is 306 Å². The van der Waals surface area contributed by atoms with Crippen molar-refractivity contribution < 1.29 is 0 Å². The summed E-state index contributed by atoms with van der Waals surface area (Å²) in [5, 5.41) is 19.6. The Morgan fingerprint density at radius 2 is 0.863 bits per heavy atom. The molecule has 0 spiro atoms. The highest BCUT2D eigenvalue weighted by atomic mass is 32.1. The summed E-state index contributed by atoms with van der Waals surface area (Å²) in [5.74, 6) is 0. The van der Waals surface area contributed by atoms with Gasteiger partial charge in [0.25, 0.3) is 0 Å². The van der Waals surface area contributed by atoms with Gasteiger partial charge in [0, 0.05) is 60.5 Å². The number of nitrogens with one attached hydrogen (secondary N) is 3. The van der Waals surface area contributed by atoms with Crippen molar-refractivity contribution in [3.63, 3.8) is 0 Å². The molecule has 0 bridgehead atoms. The van der Waals surface area contributed by atoms with Gasteiger partial charge in [0.2, 0.25) is 0 Å². The van der Waals surface area contributed by atoms with Gasteiger partial charge in [-0.2, -0.15) is 0 Å². The first kappa shape index (κ1) is 29.8. The topological polar surface area (TPSA) is 36.1 Å². The fraction of sp³-hybridized carbons (Fsp3) is 0.0667. The van der Waals surface area contributed by atoms with Crippen molar-refractivity contribution in [3.05, 3.63) is 168 Å². The molecule has 0 aliphatic carbocycles. The van der Waals surface area contributed by atoms with E-state index in [1.165, 1.54) is 88.3 Å². The first-order valence-electron chi connectivity index (χ1n) is 17.3. The average molecular weight is 710 g/mol. The maximum atomic E-state index is 3.94. The molecular weight excluding hydrogens is 679 g/mol. The molecule has 4 heterocycles. The quantitative estimate of drug-likeness (QED) is 0.170. The fourth-order valence-electron chi connectivity index (χ4n) is 7.91. The Bertz CT molecular complexity index is 2940. The fourth-order valence-corrected chi connectivity index (χ4v) is 11.4. The Morgan fingerprint density at radius 3 is 1.57 bits per heavy atom. The predicted octanol–water partition coefficient (Wildman–Crippen LogP) is 12.6. The molecule has 244 valence electrons. The number of thiophene rings is 3. The van der Waals surface area contributed by atoms with Crippen LogP contribution in [0.25, 0.3) is 71.6 Å². The standard InChI is InChI=1S/C45H31N3S3/c1-2-9-26(10-3-1)43-46-44(28-18-21-39-35(23-28)32-12-5-6-15-37(32)49-39)48-45(47-43)29-19-22-40-36(24-29)33-20-17-27(25-41(33)50-40)30-13-8-14-34-31-11-4-7-16-38(31)51-42(30)34/h1-25,43-48H. The summed E-state index contributed by atoms with van der Waals surface area (Å²) in [6.45, 7) is 0. The zero-order chi connectivity index (χ0) is 33.5. The van der Waals surface area contributed by atoms with Crippen LogP contribution in [0.3, 0.4) is 0 Å². The minimum absolute atomic E-state index is 0.0218. The van der Waals surface area contributed by atoms with Crippen LogP contribution < -0.4 is 16.0 Å². The van der Waals surface area contributed by atoms with Crippen molar-refractivity contribution in [2.75, 3.05) is 0 Å². The number of hydrogen-bond acceptors (Lipinski definition) is 6. The molecule has 7 aromatic carbocycles. The molecule has 1 aliphatic heterocycles. The summed E-state index contributed by atoms with van der Waals surface area (Å²) in [5.41, 5.74) is 6.28. The van der Waals surface area contributed by atoms with Crippen molar-refractivity contribution in [1.82, 2.24) is 16.0 Å². The van der Waals surface area contributed by atoms with E-state index in [2.05, 4.69) is 168 Å². The Kier molecular flexibility index (Phi) is 6.90. The first-order chi connectivity index (χ1) is 25.2. The Balaban J connectivity index is 0.980. The number of benzene rings is 7. The van der Waals surface area contributed by atoms with Gasteiger partial charge in [-0.3, -0.25) is 16.0 Å². The van der Waals surface area contributed by atoms with Crippen LogP contribution in [0, 0.1) is 0 Å². The lowest BCUT2D eigenvalue weighted by molar-refractivity contribution is 0.203. The lowest BCUT2D eigenvalue weighted by atomic mass is 10.00. The summed E-state index contributed by atoms with van der Waals surface area (Å²) in [7, 11) is 0. The molecule has 3 unspecified atom stereocenters. The highest BCUT2D eigenvalue weighted by molar-refractivity contribution is 7.27. The Morgan fingerprint density at radius 1 is 0.333 bits per heavy atom. The van der Waals surface area contributed by atoms with Crippen molar-refractivity contribution in [2.24, 2.45) is 0 Å². The Hall–Kier alpha value is -4.92. The van der Waals surface area contributed by atoms with Gasteiger partial charge < -0.3 is 0 Å². The lowest BCUT2D eigenvalue weighted by Gasteiger charge is -2.39. The maximum Gasteiger partial charge on any atom is 0.0864 e. The summed E-state index contributed by atoms with van der Waals surface area (Å²) < 4.78 is 7.98. The van der Waals surface area contributed by atoms with Crippen LogP contribution in [0.4, 0.5) is 0 Å². The zero-order valence-electron chi connectivity index (χ0n) is 27.4. The maximum absolute atomic E-state index is 3.94. The van der Waals surface area contributed by atoms with Crippen molar-refractivity contribution in [2.45, 2.75) is 18.5 Å². The molecular formula is C45H31N3S3.